The third-order valence-corrected chi connectivity index (χ3v) is 6.51. The number of halogens is 3. The summed E-state index contributed by atoms with van der Waals surface area (Å²) in [5, 5.41) is 0. The summed E-state index contributed by atoms with van der Waals surface area (Å²) in [6.45, 7) is 19.7. The maximum absolute atomic E-state index is 15.0. The van der Waals surface area contributed by atoms with Gasteiger partial charge < -0.3 is 0 Å². The van der Waals surface area contributed by atoms with Gasteiger partial charge in [0.05, 0.1) is 0 Å². The molecule has 0 atom stereocenters. The molecule has 0 saturated heterocycles. The summed E-state index contributed by atoms with van der Waals surface area (Å²) in [5.74, 6) is -1.20. The molecule has 0 bridgehead atoms. The molecule has 0 fully saturated rings. The van der Waals surface area contributed by atoms with Crippen LogP contribution in [0.5, 0.6) is 0 Å². The molecular weight excluding hydrogens is 393 g/mol. The fraction of sp³-hybridized carbons (Fsp3) is 0.571. The van der Waals surface area contributed by atoms with Gasteiger partial charge in [0.2, 0.25) is 0 Å². The summed E-state index contributed by atoms with van der Waals surface area (Å²) in [4.78, 5) is 0. The molecular formula is C28H39F3. The number of benzene rings is 2. The molecule has 0 saturated carbocycles. The predicted molar refractivity (Wildman–Crippen MR) is 125 cm³/mol. The Morgan fingerprint density at radius 1 is 0.548 bits per heavy atom. The Hall–Kier alpha value is -1.77. The van der Waals surface area contributed by atoms with E-state index in [0.717, 1.165) is 5.56 Å². The quantitative estimate of drug-likeness (QED) is 0.443. The number of rotatable bonds is 5. The first kappa shape index (κ1) is 25.5. The normalized spacial score (nSPS) is 13.6. The van der Waals surface area contributed by atoms with E-state index in [1.807, 2.05) is 39.8 Å². The Morgan fingerprint density at radius 2 is 1.00 bits per heavy atom. The fourth-order valence-electron chi connectivity index (χ4n) is 4.11. The molecule has 0 aliphatic rings. The molecule has 0 N–H and O–H groups in total. The van der Waals surface area contributed by atoms with Crippen molar-refractivity contribution < 1.29 is 13.2 Å². The molecule has 2 aromatic carbocycles. The van der Waals surface area contributed by atoms with Crippen molar-refractivity contribution in [1.29, 1.82) is 0 Å². The Morgan fingerprint density at radius 3 is 1.42 bits per heavy atom. The second kappa shape index (κ2) is 8.30. The van der Waals surface area contributed by atoms with E-state index >= 15 is 0 Å². The zero-order valence-electron chi connectivity index (χ0n) is 20.9. The molecule has 2 rings (SSSR count). The maximum atomic E-state index is 15.0. The largest absolute Gasteiger partial charge is 0.207 e. The average Bonchev–Trinajstić information content (AvgIpc) is 2.57. The van der Waals surface area contributed by atoms with Gasteiger partial charge in [-0.05, 0) is 69.4 Å². The summed E-state index contributed by atoms with van der Waals surface area (Å²) in [7, 11) is 0. The average molecular weight is 433 g/mol. The lowest BCUT2D eigenvalue weighted by Gasteiger charge is -2.33. The predicted octanol–water partition coefficient (Wildman–Crippen LogP) is 8.73. The van der Waals surface area contributed by atoms with Crippen LogP contribution < -0.4 is 0 Å². The van der Waals surface area contributed by atoms with Crippen LogP contribution in [0.15, 0.2) is 30.3 Å². The van der Waals surface area contributed by atoms with E-state index in [0.29, 0.717) is 24.0 Å². The van der Waals surface area contributed by atoms with E-state index in [9.17, 15) is 13.2 Å². The lowest BCUT2D eigenvalue weighted by molar-refractivity contribution is 0.362. The van der Waals surface area contributed by atoms with Crippen molar-refractivity contribution in [2.45, 2.75) is 104 Å². The number of hydrogen-bond acceptors (Lipinski definition) is 0. The Kier molecular flexibility index (Phi) is 6.82. The minimum Gasteiger partial charge on any atom is -0.207 e. The molecule has 0 aromatic heterocycles. The van der Waals surface area contributed by atoms with Crippen molar-refractivity contribution in [3.8, 4) is 0 Å². The molecule has 0 amide bonds. The van der Waals surface area contributed by atoms with Gasteiger partial charge in [0, 0.05) is 5.56 Å². The lowest BCUT2D eigenvalue weighted by atomic mass is 9.71. The van der Waals surface area contributed by atoms with Crippen LogP contribution >= 0.6 is 0 Å². The van der Waals surface area contributed by atoms with Crippen molar-refractivity contribution >= 4 is 0 Å². The Bertz CT molecular complexity index is 915. The Balaban J connectivity index is 2.29. The summed E-state index contributed by atoms with van der Waals surface area (Å²) < 4.78 is 44.5. The molecule has 3 heteroatoms. The highest BCUT2D eigenvalue weighted by molar-refractivity contribution is 5.36. The van der Waals surface area contributed by atoms with Crippen LogP contribution in [0.3, 0.4) is 0 Å². The summed E-state index contributed by atoms with van der Waals surface area (Å²) in [6.07, 6.45) is 1.37. The molecule has 0 aliphatic heterocycles. The van der Waals surface area contributed by atoms with Gasteiger partial charge >= 0.3 is 0 Å². The van der Waals surface area contributed by atoms with E-state index in [2.05, 4.69) is 20.8 Å². The highest BCUT2D eigenvalue weighted by Gasteiger charge is 2.32. The molecule has 0 aliphatic carbocycles. The highest BCUT2D eigenvalue weighted by Crippen LogP contribution is 2.39. The zero-order valence-corrected chi connectivity index (χ0v) is 20.9. The molecule has 172 valence electrons. The minimum atomic E-state index is -0.602. The van der Waals surface area contributed by atoms with Crippen LogP contribution in [-0.4, -0.2) is 0 Å². The van der Waals surface area contributed by atoms with Gasteiger partial charge in [-0.2, -0.15) is 0 Å². The standard InChI is InChI=1S/C28H39F3/c1-25(2,3)18-11-12-20(21(29)15-18)28(9,10)14-13-27(7,8)19-16-22(30)24(23(31)17-19)26(4,5)6/h11-12,15-17H,13-14H2,1-10H3. The van der Waals surface area contributed by atoms with Crippen LogP contribution in [0.2, 0.25) is 0 Å². The summed E-state index contributed by atoms with van der Waals surface area (Å²) in [6, 6.07) is 8.46. The smallest absolute Gasteiger partial charge is 0.130 e. The first-order valence-electron chi connectivity index (χ1n) is 11.2. The first-order valence-corrected chi connectivity index (χ1v) is 11.2. The summed E-state index contributed by atoms with van der Waals surface area (Å²) in [5.41, 5.74) is 0.834. The van der Waals surface area contributed by atoms with Gasteiger partial charge in [-0.15, -0.1) is 0 Å². The van der Waals surface area contributed by atoms with Gasteiger partial charge in [-0.1, -0.05) is 81.4 Å². The maximum Gasteiger partial charge on any atom is 0.130 e. The molecule has 0 radical (unpaired) electrons. The topological polar surface area (TPSA) is 0 Å². The molecule has 2 aromatic rings. The highest BCUT2D eigenvalue weighted by atomic mass is 19.1. The number of hydrogen-bond donors (Lipinski definition) is 0. The van der Waals surface area contributed by atoms with Gasteiger partial charge in [-0.3, -0.25) is 0 Å². The molecule has 0 nitrogen and oxygen atoms in total. The second-order valence-corrected chi connectivity index (χ2v) is 12.3. The van der Waals surface area contributed by atoms with Gasteiger partial charge in [0.25, 0.3) is 0 Å². The third-order valence-electron chi connectivity index (χ3n) is 6.51. The van der Waals surface area contributed by atoms with Crippen molar-refractivity contribution in [2.24, 2.45) is 0 Å². The molecule has 0 spiro atoms. The monoisotopic (exact) mass is 432 g/mol. The van der Waals surface area contributed by atoms with Crippen LogP contribution in [0.25, 0.3) is 0 Å². The zero-order chi connectivity index (χ0) is 24.0. The third kappa shape index (κ3) is 5.73. The lowest BCUT2D eigenvalue weighted by Crippen LogP contribution is -2.26. The van der Waals surface area contributed by atoms with E-state index in [1.54, 1.807) is 26.8 Å². The van der Waals surface area contributed by atoms with Crippen molar-refractivity contribution in [3.63, 3.8) is 0 Å². The van der Waals surface area contributed by atoms with E-state index in [1.165, 1.54) is 12.1 Å². The van der Waals surface area contributed by atoms with Crippen molar-refractivity contribution in [1.82, 2.24) is 0 Å². The van der Waals surface area contributed by atoms with Crippen LogP contribution in [-0.2, 0) is 21.7 Å². The fourth-order valence-corrected chi connectivity index (χ4v) is 4.11. The molecule has 0 unspecified atom stereocenters. The Labute approximate surface area is 187 Å². The van der Waals surface area contributed by atoms with Crippen LogP contribution in [0.4, 0.5) is 13.2 Å². The van der Waals surface area contributed by atoms with Crippen molar-refractivity contribution in [2.75, 3.05) is 0 Å². The van der Waals surface area contributed by atoms with E-state index < -0.39 is 27.9 Å². The van der Waals surface area contributed by atoms with Crippen LogP contribution in [0, 0.1) is 17.5 Å². The minimum absolute atomic E-state index is 0.112. The first-order chi connectivity index (χ1) is 13.9. The summed E-state index contributed by atoms with van der Waals surface area (Å²) >= 11 is 0. The van der Waals surface area contributed by atoms with Gasteiger partial charge in [-0.25, -0.2) is 13.2 Å². The van der Waals surface area contributed by atoms with Gasteiger partial charge in [0.15, 0.2) is 0 Å². The van der Waals surface area contributed by atoms with Crippen LogP contribution in [0.1, 0.15) is 104 Å². The molecule has 0 heterocycles. The van der Waals surface area contributed by atoms with Crippen molar-refractivity contribution in [3.05, 3.63) is 70.0 Å². The van der Waals surface area contributed by atoms with E-state index in [-0.39, 0.29) is 16.8 Å². The van der Waals surface area contributed by atoms with Gasteiger partial charge in [0.1, 0.15) is 17.5 Å². The molecule has 31 heavy (non-hydrogen) atoms. The SMILES string of the molecule is CC(C)(C)c1ccc(C(C)(C)CCC(C)(C)c2cc(F)c(C(C)(C)C)c(F)c2)c(F)c1. The van der Waals surface area contributed by atoms with E-state index in [4.69, 9.17) is 0 Å². The second-order valence-electron chi connectivity index (χ2n) is 12.3.